The molecule has 127 heavy (non-hydrogen) atoms. The van der Waals surface area contributed by atoms with Gasteiger partial charge in [-0.05, 0) is 51.2 Å². The number of methoxy groups -OCH3 is 4. The van der Waals surface area contributed by atoms with Crippen molar-refractivity contribution < 1.29 is 179 Å². The summed E-state index contributed by atoms with van der Waals surface area (Å²) in [6.45, 7) is 9.60. The zero-order chi connectivity index (χ0) is 95.5. The van der Waals surface area contributed by atoms with Crippen LogP contribution in [-0.4, -0.2) is 399 Å². The van der Waals surface area contributed by atoms with Crippen molar-refractivity contribution >= 4 is 112 Å². The number of carbonyl (C=O) groups is 15. The zero-order valence-corrected chi connectivity index (χ0v) is 76.3. The number of aliphatic carboxylic acids is 2. The van der Waals surface area contributed by atoms with Crippen molar-refractivity contribution in [2.24, 2.45) is 5.73 Å². The Morgan fingerprint density at radius 2 is 0.693 bits per heavy atom. The number of amides is 10. The molecule has 0 saturated carbocycles. The lowest BCUT2D eigenvalue weighted by Gasteiger charge is -2.21. The molecule has 46 nitrogen and oxygen atoms in total. The van der Waals surface area contributed by atoms with Gasteiger partial charge in [0, 0.05) is 164 Å². The number of carboxylic acids is 2. The lowest BCUT2D eigenvalue weighted by Crippen LogP contribution is -2.37. The first-order chi connectivity index (χ1) is 60.9. The summed E-state index contributed by atoms with van der Waals surface area (Å²) in [5.41, 5.74) is 5.44. The Hall–Kier alpha value is -7.57. The van der Waals surface area contributed by atoms with Gasteiger partial charge in [0.25, 0.3) is 0 Å². The fourth-order valence-electron chi connectivity index (χ4n) is 10.1. The predicted octanol–water partition coefficient (Wildman–Crippen LogP) is -2.71. The van der Waals surface area contributed by atoms with Crippen molar-refractivity contribution in [1.82, 2.24) is 41.7 Å². The van der Waals surface area contributed by atoms with E-state index in [9.17, 15) is 82.1 Å². The van der Waals surface area contributed by atoms with Gasteiger partial charge < -0.3 is 144 Å². The Morgan fingerprint density at radius 3 is 0.992 bits per heavy atom. The van der Waals surface area contributed by atoms with Gasteiger partial charge in [-0.3, -0.25) is 81.7 Å². The van der Waals surface area contributed by atoms with E-state index >= 15 is 0 Å². The lowest BCUT2D eigenvalue weighted by molar-refractivity contribution is -0.194. The number of nitrogens with two attached hydrogens (primary N) is 1. The van der Waals surface area contributed by atoms with Gasteiger partial charge in [0.2, 0.25) is 59.1 Å². The van der Waals surface area contributed by atoms with Crippen LogP contribution in [0, 0.1) is 0 Å². The van der Waals surface area contributed by atoms with Crippen LogP contribution in [0.1, 0.15) is 150 Å². The van der Waals surface area contributed by atoms with E-state index in [-0.39, 0.29) is 318 Å². The monoisotopic (exact) mass is 1870 g/mol. The molecule has 2 fully saturated rings. The number of aliphatic hydroxyl groups excluding tert-OH is 5. The van der Waals surface area contributed by atoms with Gasteiger partial charge in [-0.25, -0.2) is 0 Å². The first-order valence-corrected chi connectivity index (χ1v) is 44.4. The van der Waals surface area contributed by atoms with Crippen molar-refractivity contribution in [3.63, 3.8) is 0 Å². The topological polar surface area (TPSA) is 641 Å². The smallest absolute Gasteiger partial charge is 0.321 e. The number of ether oxygens (including phenoxy) is 15. The minimum atomic E-state index is -1.19. The van der Waals surface area contributed by atoms with Crippen molar-refractivity contribution in [2.75, 3.05) is 199 Å². The molecule has 2 heterocycles. The third-order valence-electron chi connectivity index (χ3n) is 17.7. The van der Waals surface area contributed by atoms with E-state index in [1.165, 1.54) is 40.2 Å². The van der Waals surface area contributed by atoms with Crippen LogP contribution in [0.4, 0.5) is 0 Å². The molecule has 0 aromatic heterocycles. The molecule has 2 aliphatic rings. The number of hydrogen-bond acceptors (Lipinski definition) is 38. The Kier molecular flexibility index (Phi) is 75.9. The zero-order valence-electron chi connectivity index (χ0n) is 74.6. The highest BCUT2D eigenvalue weighted by Crippen LogP contribution is 2.26. The van der Waals surface area contributed by atoms with Crippen LogP contribution < -0.4 is 37.6 Å². The summed E-state index contributed by atoms with van der Waals surface area (Å²) in [7, 11) is 5.67. The molecule has 2 saturated heterocycles. The summed E-state index contributed by atoms with van der Waals surface area (Å²) >= 11 is 2.34. The van der Waals surface area contributed by atoms with Crippen molar-refractivity contribution in [3.8, 4) is 0 Å². The van der Waals surface area contributed by atoms with E-state index in [0.29, 0.717) is 32.1 Å². The molecule has 0 aromatic rings. The summed E-state index contributed by atoms with van der Waals surface area (Å²) in [6.07, 6.45) is 1.29. The van der Waals surface area contributed by atoms with Crippen LogP contribution in [-0.2, 0) is 143 Å². The molecule has 15 N–H and O–H groups in total. The SMILES string of the molecule is CCC(CO)OC(CO)OC.CCC(CO)OC(COC(=O)CCCC(=O)NCCNC(=O)CCOCCOCCNC(=O)CCN1C(=O)CC(SC)C1=O)OC.CCC(CO)OC(COC(=O)CCCC(=O)NCCNC(=O)CCOCCOCCNC(=O)CCN1C(=O)CC(SCC(N)C(=O)O)C1=O)OC.CCC(CO)OC(COC(=O)CCCC(=O)O)OC. The van der Waals surface area contributed by atoms with Gasteiger partial charge in [0.1, 0.15) is 25.9 Å². The molecule has 10 amide bonds. The number of carbonyl (C=O) groups excluding carboxylic acids is 13. The molecule has 0 bridgehead atoms. The summed E-state index contributed by atoms with van der Waals surface area (Å²) in [6, 6.07) is -1.14. The molecule has 2 aliphatic heterocycles. The number of rotatable bonds is 74. The maximum Gasteiger partial charge on any atom is 0.321 e. The highest BCUT2D eigenvalue weighted by atomic mass is 32.2. The van der Waals surface area contributed by atoms with Crippen LogP contribution in [0.25, 0.3) is 0 Å². The number of thioether (sulfide) groups is 2. The minimum absolute atomic E-state index is 0.00881. The third kappa shape index (κ3) is 64.0. The lowest BCUT2D eigenvalue weighted by atomic mass is 10.2. The minimum Gasteiger partial charge on any atom is -0.481 e. The van der Waals surface area contributed by atoms with Crippen molar-refractivity contribution in [3.05, 3.63) is 0 Å². The normalized spacial score (nSPS) is 15.6. The second kappa shape index (κ2) is 79.4. The number of esters is 3. The van der Waals surface area contributed by atoms with E-state index in [0.717, 1.165) is 21.6 Å². The summed E-state index contributed by atoms with van der Waals surface area (Å²) in [5, 5.41) is 76.8. The summed E-state index contributed by atoms with van der Waals surface area (Å²) < 4.78 is 77.9. The number of carboxylic acid groups (broad SMARTS) is 2. The molecular formula is C79H141N9O37S2. The van der Waals surface area contributed by atoms with Gasteiger partial charge in [-0.2, -0.15) is 11.8 Å². The Bertz CT molecular complexity index is 3060. The average molecular weight is 1870 g/mol. The Morgan fingerprint density at radius 1 is 0.394 bits per heavy atom. The van der Waals surface area contributed by atoms with Crippen LogP contribution in [0.15, 0.2) is 0 Å². The highest BCUT2D eigenvalue weighted by Gasteiger charge is 2.40. The Labute approximate surface area is 749 Å². The van der Waals surface area contributed by atoms with Crippen molar-refractivity contribution in [2.45, 2.75) is 216 Å². The molecule has 11 unspecified atom stereocenters. The fourth-order valence-corrected chi connectivity index (χ4v) is 11.9. The van der Waals surface area contributed by atoms with E-state index < -0.39 is 90.3 Å². The first-order valence-electron chi connectivity index (χ1n) is 42.1. The van der Waals surface area contributed by atoms with Crippen molar-refractivity contribution in [1.29, 1.82) is 0 Å². The van der Waals surface area contributed by atoms with E-state index in [1.54, 1.807) is 6.26 Å². The van der Waals surface area contributed by atoms with Gasteiger partial charge >= 0.3 is 29.8 Å². The fraction of sp³-hybridized carbons (Fsp3) is 0.810. The van der Waals surface area contributed by atoms with Gasteiger partial charge in [0.05, 0.1) is 121 Å². The molecule has 0 radical (unpaired) electrons. The highest BCUT2D eigenvalue weighted by molar-refractivity contribution is 8.00. The first kappa shape index (κ1) is 121. The Balaban J connectivity index is 0. The second-order valence-electron chi connectivity index (χ2n) is 27.5. The van der Waals surface area contributed by atoms with Gasteiger partial charge in [-0.15, -0.1) is 11.8 Å². The number of imide groups is 2. The summed E-state index contributed by atoms with van der Waals surface area (Å²) in [5.74, 6) is -6.67. The van der Waals surface area contributed by atoms with E-state index in [1.807, 2.05) is 27.7 Å². The van der Waals surface area contributed by atoms with Crippen LogP contribution in [0.2, 0.25) is 0 Å². The quantitative estimate of drug-likeness (QED) is 0.00968. The maximum atomic E-state index is 12.4. The molecule has 0 spiro atoms. The molecule has 0 aliphatic carbocycles. The van der Waals surface area contributed by atoms with Crippen LogP contribution in [0.5, 0.6) is 0 Å². The van der Waals surface area contributed by atoms with Crippen LogP contribution in [0.3, 0.4) is 0 Å². The average Bonchev–Trinajstić information content (AvgIpc) is 1.70. The predicted molar refractivity (Wildman–Crippen MR) is 453 cm³/mol. The van der Waals surface area contributed by atoms with Gasteiger partial charge in [-0.1, -0.05) is 27.7 Å². The molecule has 48 heteroatoms. The number of hydrogen-bond donors (Lipinski definition) is 14. The summed E-state index contributed by atoms with van der Waals surface area (Å²) in [4.78, 5) is 179. The number of likely N-dealkylation sites (tertiary alicyclic amines) is 2. The largest absolute Gasteiger partial charge is 0.481 e. The molecular weight excluding hydrogens is 1730 g/mol. The standard InChI is InChI=1S/C31H53N5O14S.C29H50N4O12S.C12H22O7.C7H16O4/c1-3-21(18-37)50-29(46-2)19-49-28(42)6-4-5-24(38)33-9-10-34-26(40)8-13-47-15-16-48-14-11-35-25(39)7-12-36-27(41)17-23(30(36)43)51-20-22(32)31(44)45;1-4-21(19-34)45-28(41-2)20-44-27(39)7-5-6-23(35)30-10-11-31-25(37)9-14-42-16-17-43-15-12-32-24(36)8-13-33-26(38)18-22(46-3)29(33)40;1-3-9(7-13)19-12(17-2)8-18-11(16)6-4-5-10(14)15;1-3-6(4-8)11-7(5-9)10-2/h21-23,29,37H,3-20,32H2,1-2H3,(H,33,38)(H,34,40)(H,35,39)(H,44,45);21-22,28,34H,4-20H2,1-3H3,(H,30,35)(H,31,37)(H,32,36);9,12-13H,3-8H2,1-2H3,(H,14,15);6-9H,3-5H2,1-2H3. The molecule has 0 aromatic carbocycles. The molecule has 736 valence electrons. The maximum absolute atomic E-state index is 12.4. The molecule has 2 rings (SSSR count). The molecule has 11 atom stereocenters. The van der Waals surface area contributed by atoms with E-state index in [4.69, 9.17) is 102 Å². The third-order valence-corrected chi connectivity index (χ3v) is 19.9. The number of nitrogens with zero attached hydrogens (tertiary/aromatic N) is 2. The number of nitrogens with one attached hydrogen (secondary N) is 6. The van der Waals surface area contributed by atoms with E-state index in [2.05, 4.69) is 31.9 Å². The van der Waals surface area contributed by atoms with Crippen LogP contribution >= 0.6 is 23.5 Å². The second-order valence-corrected chi connectivity index (χ2v) is 29.7. The van der Waals surface area contributed by atoms with Gasteiger partial charge in [0.15, 0.2) is 25.2 Å². The number of aliphatic hydroxyl groups is 5.